The predicted molar refractivity (Wildman–Crippen MR) is 251 cm³/mol. The van der Waals surface area contributed by atoms with E-state index < -0.39 is 47.6 Å². The summed E-state index contributed by atoms with van der Waals surface area (Å²) < 4.78 is 39.4. The van der Waals surface area contributed by atoms with Gasteiger partial charge in [0.2, 0.25) is 5.75 Å². The number of hydrogen-bond donors (Lipinski definition) is 0. The van der Waals surface area contributed by atoms with Crippen LogP contribution >= 0.6 is 0 Å². The average Bonchev–Trinajstić information content (AvgIpc) is 3.37. The molecule has 0 heterocycles. The minimum atomic E-state index is -0.783. The second-order valence-electron chi connectivity index (χ2n) is 16.8. The van der Waals surface area contributed by atoms with Crippen molar-refractivity contribution in [3.05, 3.63) is 126 Å². The molecule has 0 N–H and O–H groups in total. The van der Waals surface area contributed by atoms with Crippen LogP contribution in [0.5, 0.6) is 28.7 Å². The summed E-state index contributed by atoms with van der Waals surface area (Å²) in [5, 5.41) is 0. The van der Waals surface area contributed by atoms with E-state index >= 15 is 0 Å². The standard InChI is InChI=1S/C55H58O13/c1-3-35-64-51(57)40-23-25-43(26-24-40)53(59)66-47-15-12-16-48(50(47)68-55(61)41-21-19-39(20-22-41)18-17-38-13-8-7-9-14-38)67-54(60)44-29-27-42(28-30-44)52(58)65-46-33-31-45(32-34-46)62-36-10-5-6-11-37-63-49(56)4-2/h4,7-9,12-16,19-22,31-34,40,42-44H,2-3,5-6,10-11,23-30,35-37H2,1H3. The van der Waals surface area contributed by atoms with Crippen LogP contribution in [0.15, 0.2) is 110 Å². The van der Waals surface area contributed by atoms with Crippen LogP contribution in [0, 0.1) is 35.5 Å². The van der Waals surface area contributed by atoms with Crippen molar-refractivity contribution in [3.8, 4) is 40.6 Å². The largest absolute Gasteiger partial charge is 0.494 e. The molecule has 0 aromatic heterocycles. The van der Waals surface area contributed by atoms with Gasteiger partial charge in [-0.1, -0.05) is 49.6 Å². The molecule has 13 nitrogen and oxygen atoms in total. The Morgan fingerprint density at radius 1 is 0.515 bits per heavy atom. The third-order valence-corrected chi connectivity index (χ3v) is 11.8. The summed E-state index contributed by atoms with van der Waals surface area (Å²) in [6.45, 7) is 6.54. The molecule has 0 unspecified atom stereocenters. The van der Waals surface area contributed by atoms with E-state index in [1.54, 1.807) is 48.5 Å². The topological polar surface area (TPSA) is 167 Å². The molecule has 2 aliphatic carbocycles. The normalized spacial score (nSPS) is 17.5. The smallest absolute Gasteiger partial charge is 0.343 e. The second-order valence-corrected chi connectivity index (χ2v) is 16.8. The van der Waals surface area contributed by atoms with Crippen molar-refractivity contribution >= 4 is 35.8 Å². The lowest BCUT2D eigenvalue weighted by Gasteiger charge is -2.26. The summed E-state index contributed by atoms with van der Waals surface area (Å²) in [6, 6.07) is 27.3. The van der Waals surface area contributed by atoms with E-state index in [2.05, 4.69) is 18.4 Å². The van der Waals surface area contributed by atoms with Crippen molar-refractivity contribution in [2.45, 2.75) is 90.4 Å². The first-order valence-electron chi connectivity index (χ1n) is 23.5. The van der Waals surface area contributed by atoms with Gasteiger partial charge in [-0.2, -0.15) is 0 Å². The van der Waals surface area contributed by atoms with Crippen LogP contribution in [-0.4, -0.2) is 55.6 Å². The number of carbonyl (C=O) groups is 6. The number of unbranched alkanes of at least 4 members (excludes halogenated alkanes) is 3. The summed E-state index contributed by atoms with van der Waals surface area (Å²) in [7, 11) is 0. The number of ether oxygens (including phenoxy) is 7. The Bertz CT molecular complexity index is 2400. The fourth-order valence-electron chi connectivity index (χ4n) is 7.88. The SMILES string of the molecule is C=CC(=O)OCCCCCCOc1ccc(OC(=O)C2CCC(C(=O)Oc3cccc(OC(=O)C4CCC(C(=O)OCCC)CC4)c3OC(=O)c3ccc(C#Cc4ccccc4)cc3)CC2)cc1. The zero-order valence-corrected chi connectivity index (χ0v) is 38.5. The van der Waals surface area contributed by atoms with Gasteiger partial charge in [-0.25, -0.2) is 9.59 Å². The summed E-state index contributed by atoms with van der Waals surface area (Å²) in [5.74, 6) is 1.93. The summed E-state index contributed by atoms with van der Waals surface area (Å²) in [5.41, 5.74) is 1.70. The molecule has 0 radical (unpaired) electrons. The molecule has 0 bridgehead atoms. The van der Waals surface area contributed by atoms with E-state index in [1.165, 1.54) is 18.2 Å². The zero-order chi connectivity index (χ0) is 48.1. The van der Waals surface area contributed by atoms with E-state index in [-0.39, 0.29) is 34.7 Å². The first-order valence-corrected chi connectivity index (χ1v) is 23.5. The van der Waals surface area contributed by atoms with Crippen LogP contribution in [0.2, 0.25) is 0 Å². The molecule has 0 atom stereocenters. The summed E-state index contributed by atoms with van der Waals surface area (Å²) in [6.07, 6.45) is 8.55. The molecule has 6 rings (SSSR count). The van der Waals surface area contributed by atoms with Crippen LogP contribution in [0.25, 0.3) is 0 Å². The fraction of sp³-hybridized carbons (Fsp3) is 0.382. The maximum absolute atomic E-state index is 13.7. The average molecular weight is 927 g/mol. The lowest BCUT2D eigenvalue weighted by molar-refractivity contribution is -0.152. The van der Waals surface area contributed by atoms with Gasteiger partial charge < -0.3 is 33.2 Å². The van der Waals surface area contributed by atoms with Crippen LogP contribution in [0.4, 0.5) is 0 Å². The van der Waals surface area contributed by atoms with Crippen LogP contribution in [-0.2, 0) is 33.4 Å². The fourth-order valence-corrected chi connectivity index (χ4v) is 7.88. The Kier molecular flexibility index (Phi) is 19.4. The molecule has 2 saturated carbocycles. The van der Waals surface area contributed by atoms with E-state index in [0.29, 0.717) is 88.2 Å². The molecular formula is C55H58O13. The van der Waals surface area contributed by atoms with E-state index in [9.17, 15) is 28.8 Å². The zero-order valence-electron chi connectivity index (χ0n) is 38.5. The Morgan fingerprint density at radius 3 is 1.56 bits per heavy atom. The maximum Gasteiger partial charge on any atom is 0.343 e. The minimum absolute atomic E-state index is 0.105. The van der Waals surface area contributed by atoms with Crippen molar-refractivity contribution in [2.24, 2.45) is 23.7 Å². The highest BCUT2D eigenvalue weighted by Crippen LogP contribution is 2.41. The van der Waals surface area contributed by atoms with Crippen molar-refractivity contribution in [2.75, 3.05) is 19.8 Å². The van der Waals surface area contributed by atoms with Gasteiger partial charge in [0.25, 0.3) is 0 Å². The lowest BCUT2D eigenvalue weighted by Crippen LogP contribution is -2.30. The van der Waals surface area contributed by atoms with Crippen molar-refractivity contribution < 1.29 is 61.9 Å². The number of benzene rings is 4. The van der Waals surface area contributed by atoms with Crippen LogP contribution in [0.1, 0.15) is 112 Å². The van der Waals surface area contributed by atoms with Crippen LogP contribution in [0.3, 0.4) is 0 Å². The monoisotopic (exact) mass is 926 g/mol. The molecule has 68 heavy (non-hydrogen) atoms. The summed E-state index contributed by atoms with van der Waals surface area (Å²) >= 11 is 0. The molecular weight excluding hydrogens is 869 g/mol. The highest BCUT2D eigenvalue weighted by atomic mass is 16.6. The van der Waals surface area contributed by atoms with Gasteiger partial charge in [-0.15, -0.1) is 0 Å². The number of esters is 6. The van der Waals surface area contributed by atoms with Gasteiger partial charge >= 0.3 is 35.8 Å². The van der Waals surface area contributed by atoms with Gasteiger partial charge in [0.15, 0.2) is 11.5 Å². The van der Waals surface area contributed by atoms with Gasteiger partial charge in [0.1, 0.15) is 11.5 Å². The highest BCUT2D eigenvalue weighted by Gasteiger charge is 2.35. The molecule has 0 saturated heterocycles. The summed E-state index contributed by atoms with van der Waals surface area (Å²) in [4.78, 5) is 77.7. The van der Waals surface area contributed by atoms with Crippen molar-refractivity contribution in [3.63, 3.8) is 0 Å². The number of hydrogen-bond acceptors (Lipinski definition) is 13. The van der Waals surface area contributed by atoms with Crippen LogP contribution < -0.4 is 23.7 Å². The Labute approximate surface area is 397 Å². The molecule has 2 aliphatic rings. The first kappa shape index (κ1) is 50.2. The van der Waals surface area contributed by atoms with E-state index in [4.69, 9.17) is 33.2 Å². The molecule has 4 aromatic rings. The molecule has 2 fully saturated rings. The lowest BCUT2D eigenvalue weighted by atomic mass is 9.82. The van der Waals surface area contributed by atoms with Gasteiger partial charge in [0, 0.05) is 17.2 Å². The number of para-hydroxylation sites is 1. The molecule has 0 aliphatic heterocycles. The van der Waals surface area contributed by atoms with E-state index in [0.717, 1.165) is 43.7 Å². The third kappa shape index (κ3) is 15.4. The number of rotatable bonds is 20. The molecule has 13 heteroatoms. The first-order chi connectivity index (χ1) is 33.1. The number of carbonyl (C=O) groups excluding carboxylic acids is 6. The molecule has 356 valence electrons. The van der Waals surface area contributed by atoms with Gasteiger partial charge in [0.05, 0.1) is 49.1 Å². The Balaban J connectivity index is 1.04. The Hall–Kier alpha value is -7.20. The minimum Gasteiger partial charge on any atom is -0.494 e. The molecule has 0 spiro atoms. The van der Waals surface area contributed by atoms with Gasteiger partial charge in [-0.3, -0.25) is 19.2 Å². The van der Waals surface area contributed by atoms with Gasteiger partial charge in [-0.05, 0) is 156 Å². The maximum atomic E-state index is 13.7. The molecule has 0 amide bonds. The quantitative estimate of drug-likeness (QED) is 0.0270. The van der Waals surface area contributed by atoms with Crippen molar-refractivity contribution in [1.29, 1.82) is 0 Å². The second kappa shape index (κ2) is 26.2. The predicted octanol–water partition coefficient (Wildman–Crippen LogP) is 9.96. The highest BCUT2D eigenvalue weighted by molar-refractivity contribution is 5.92. The third-order valence-electron chi connectivity index (χ3n) is 11.8. The van der Waals surface area contributed by atoms with Crippen molar-refractivity contribution in [1.82, 2.24) is 0 Å². The molecule has 4 aromatic carbocycles. The van der Waals surface area contributed by atoms with E-state index in [1.807, 2.05) is 37.3 Å². The Morgan fingerprint density at radius 2 is 1.01 bits per heavy atom.